The van der Waals surface area contributed by atoms with Gasteiger partial charge in [-0.05, 0) is 19.3 Å². The van der Waals surface area contributed by atoms with Gasteiger partial charge in [0.05, 0.1) is 0 Å². The highest BCUT2D eigenvalue weighted by atomic mass is 14.2. The van der Waals surface area contributed by atoms with Crippen LogP contribution < -0.4 is 0 Å². The molecule has 0 fully saturated rings. The van der Waals surface area contributed by atoms with Crippen molar-refractivity contribution >= 4 is 0 Å². The van der Waals surface area contributed by atoms with Crippen molar-refractivity contribution in [2.45, 2.75) is 46.5 Å². The van der Waals surface area contributed by atoms with Crippen LogP contribution in [0.25, 0.3) is 0 Å². The first-order chi connectivity index (χ1) is 5.81. The minimum absolute atomic E-state index is 1.18. The first-order valence-corrected chi connectivity index (χ1v) is 5.09. The summed E-state index contributed by atoms with van der Waals surface area (Å²) in [5.41, 5.74) is 3.07. The summed E-state index contributed by atoms with van der Waals surface area (Å²) < 4.78 is 0. The molecule has 1 rings (SSSR count). The molecule has 12 heavy (non-hydrogen) atoms. The maximum Gasteiger partial charge on any atom is 0.0228 e. The Hall–Kier alpha value is -0.520. The third kappa shape index (κ3) is 2.00. The Labute approximate surface area is 76.4 Å². The molecule has 0 bridgehead atoms. The predicted octanol–water partition coefficient (Wildman–Crippen LogP) is 4.05. The van der Waals surface area contributed by atoms with Gasteiger partial charge in [-0.3, -0.25) is 0 Å². The molecule has 0 heteroatoms. The Kier molecular flexibility index (Phi) is 3.58. The average molecular weight is 163 g/mol. The Morgan fingerprint density at radius 3 is 2.25 bits per heavy atom. The summed E-state index contributed by atoms with van der Waals surface area (Å²) in [7, 11) is 0. The molecule has 0 amide bonds. The molecule has 0 aromatic rings. The second kappa shape index (κ2) is 4.49. The zero-order valence-corrected chi connectivity index (χ0v) is 8.48. The summed E-state index contributed by atoms with van der Waals surface area (Å²) in [6, 6.07) is 0. The van der Waals surface area contributed by atoms with E-state index >= 15 is 0 Å². The molecule has 0 unspecified atom stereocenters. The fourth-order valence-electron chi connectivity index (χ4n) is 1.71. The Morgan fingerprint density at radius 2 is 1.75 bits per heavy atom. The van der Waals surface area contributed by atoms with Crippen molar-refractivity contribution in [3.05, 3.63) is 29.2 Å². The van der Waals surface area contributed by atoms with Crippen LogP contribution in [0.1, 0.15) is 46.5 Å². The van der Waals surface area contributed by atoms with Gasteiger partial charge in [0, 0.05) is 5.92 Å². The van der Waals surface area contributed by atoms with Crippen LogP contribution in [0, 0.1) is 5.92 Å². The largest absolute Gasteiger partial charge is 0.0699 e. The molecule has 0 aromatic carbocycles. The molecule has 0 saturated heterocycles. The van der Waals surface area contributed by atoms with Gasteiger partial charge in [-0.15, -0.1) is 0 Å². The van der Waals surface area contributed by atoms with Gasteiger partial charge in [-0.2, -0.15) is 0 Å². The first kappa shape index (κ1) is 9.57. The highest BCUT2D eigenvalue weighted by Crippen LogP contribution is 2.32. The second-order valence-corrected chi connectivity index (χ2v) is 3.37. The van der Waals surface area contributed by atoms with Crippen LogP contribution in [-0.4, -0.2) is 0 Å². The van der Waals surface area contributed by atoms with E-state index in [0.29, 0.717) is 0 Å². The van der Waals surface area contributed by atoms with Crippen molar-refractivity contribution in [3.8, 4) is 0 Å². The van der Waals surface area contributed by atoms with Crippen molar-refractivity contribution in [2.75, 3.05) is 0 Å². The van der Waals surface area contributed by atoms with Crippen molar-refractivity contribution in [3.63, 3.8) is 0 Å². The molecular formula is C12H19. The zero-order valence-electron chi connectivity index (χ0n) is 8.48. The number of allylic oxidation sites excluding steroid dienone is 4. The molecule has 0 nitrogen and oxygen atoms in total. The summed E-state index contributed by atoms with van der Waals surface area (Å²) in [4.78, 5) is 0. The zero-order chi connectivity index (χ0) is 8.97. The summed E-state index contributed by atoms with van der Waals surface area (Å²) in [5.74, 6) is 1.58. The first-order valence-electron chi connectivity index (χ1n) is 5.09. The average Bonchev–Trinajstić information content (AvgIpc) is 2.48. The van der Waals surface area contributed by atoms with Crippen LogP contribution in [-0.2, 0) is 0 Å². The third-order valence-corrected chi connectivity index (χ3v) is 2.44. The Bertz CT molecular complexity index is 196. The summed E-state index contributed by atoms with van der Waals surface area (Å²) in [6.07, 6.45) is 9.63. The molecule has 1 radical (unpaired) electrons. The van der Waals surface area contributed by atoms with Crippen LogP contribution in [0.4, 0.5) is 0 Å². The maximum atomic E-state index is 2.38. The highest BCUT2D eigenvalue weighted by Gasteiger charge is 2.15. The van der Waals surface area contributed by atoms with E-state index in [-0.39, 0.29) is 0 Å². The summed E-state index contributed by atoms with van der Waals surface area (Å²) >= 11 is 0. The van der Waals surface area contributed by atoms with E-state index in [1.54, 1.807) is 11.5 Å². The van der Waals surface area contributed by atoms with E-state index in [4.69, 9.17) is 0 Å². The lowest BCUT2D eigenvalue weighted by molar-refractivity contribution is 0.839. The maximum absolute atomic E-state index is 2.38. The van der Waals surface area contributed by atoms with Gasteiger partial charge in [0.1, 0.15) is 0 Å². The van der Waals surface area contributed by atoms with Crippen molar-refractivity contribution in [1.29, 1.82) is 0 Å². The Balaban J connectivity index is 2.62. The van der Waals surface area contributed by atoms with E-state index < -0.39 is 0 Å². The van der Waals surface area contributed by atoms with Crippen LogP contribution in [0.15, 0.2) is 23.3 Å². The third-order valence-electron chi connectivity index (χ3n) is 2.44. The molecule has 1 aliphatic rings. The molecule has 67 valence electrons. The molecule has 0 N–H and O–H groups in total. The van der Waals surface area contributed by atoms with Gasteiger partial charge in [0.25, 0.3) is 0 Å². The van der Waals surface area contributed by atoms with Crippen molar-refractivity contribution in [1.82, 2.24) is 0 Å². The SMILES string of the molecule is CCC[C]1C=C(CC)C=C1CC. The summed E-state index contributed by atoms with van der Waals surface area (Å²) in [5, 5.41) is 0. The minimum atomic E-state index is 1.18. The predicted molar refractivity (Wildman–Crippen MR) is 54.9 cm³/mol. The lowest BCUT2D eigenvalue weighted by Gasteiger charge is -2.08. The molecule has 1 aliphatic carbocycles. The number of hydrogen-bond donors (Lipinski definition) is 0. The molecule has 0 aliphatic heterocycles. The molecular weight excluding hydrogens is 144 g/mol. The van der Waals surface area contributed by atoms with E-state index in [9.17, 15) is 0 Å². The molecule has 0 saturated carbocycles. The minimum Gasteiger partial charge on any atom is -0.0699 e. The standard InChI is InChI=1S/C12H19/c1-4-7-12-9-10(5-2)8-11(12)6-3/h8-9H,4-7H2,1-3H3. The van der Waals surface area contributed by atoms with Gasteiger partial charge >= 0.3 is 0 Å². The van der Waals surface area contributed by atoms with Gasteiger partial charge in [0.15, 0.2) is 0 Å². The quantitative estimate of drug-likeness (QED) is 0.586. The fraction of sp³-hybridized carbons (Fsp3) is 0.583. The smallest absolute Gasteiger partial charge is 0.0228 e. The van der Waals surface area contributed by atoms with Crippen LogP contribution in [0.2, 0.25) is 0 Å². The Morgan fingerprint density at radius 1 is 1.00 bits per heavy atom. The lowest BCUT2D eigenvalue weighted by Crippen LogP contribution is -1.92. The highest BCUT2D eigenvalue weighted by molar-refractivity contribution is 5.47. The fourth-order valence-corrected chi connectivity index (χ4v) is 1.71. The second-order valence-electron chi connectivity index (χ2n) is 3.37. The van der Waals surface area contributed by atoms with Gasteiger partial charge in [0.2, 0.25) is 0 Å². The molecule has 0 spiro atoms. The number of hydrogen-bond acceptors (Lipinski definition) is 0. The van der Waals surface area contributed by atoms with Gasteiger partial charge in [-0.1, -0.05) is 50.5 Å². The molecule has 0 heterocycles. The summed E-state index contributed by atoms with van der Waals surface area (Å²) in [6.45, 7) is 6.72. The van der Waals surface area contributed by atoms with Crippen LogP contribution in [0.3, 0.4) is 0 Å². The normalized spacial score (nSPS) is 17.9. The van der Waals surface area contributed by atoms with E-state index in [1.807, 2.05) is 0 Å². The monoisotopic (exact) mass is 163 g/mol. The van der Waals surface area contributed by atoms with Gasteiger partial charge in [-0.25, -0.2) is 0 Å². The van der Waals surface area contributed by atoms with Gasteiger partial charge < -0.3 is 0 Å². The molecule has 0 aromatic heterocycles. The van der Waals surface area contributed by atoms with E-state index in [1.165, 1.54) is 31.3 Å². The lowest BCUT2D eigenvalue weighted by atomic mass is 9.96. The number of rotatable bonds is 4. The van der Waals surface area contributed by atoms with E-state index in [0.717, 1.165) is 0 Å². The van der Waals surface area contributed by atoms with Crippen molar-refractivity contribution < 1.29 is 0 Å². The van der Waals surface area contributed by atoms with Crippen LogP contribution >= 0.6 is 0 Å². The topological polar surface area (TPSA) is 0 Å². The van der Waals surface area contributed by atoms with Crippen LogP contribution in [0.5, 0.6) is 0 Å². The molecule has 0 atom stereocenters. The van der Waals surface area contributed by atoms with Crippen molar-refractivity contribution in [2.24, 2.45) is 0 Å². The van der Waals surface area contributed by atoms with E-state index in [2.05, 4.69) is 32.9 Å².